The van der Waals surface area contributed by atoms with E-state index in [0.717, 1.165) is 11.8 Å². The Balaban J connectivity index is 0.000000314. The first-order valence-electron chi connectivity index (χ1n) is 7.87. The number of ether oxygens (including phenoxy) is 1. The van der Waals surface area contributed by atoms with Gasteiger partial charge in [-0.2, -0.15) is 0 Å². The summed E-state index contributed by atoms with van der Waals surface area (Å²) in [5.74, 6) is -0.158. The van der Waals surface area contributed by atoms with Crippen LogP contribution < -0.4 is 10.2 Å². The molecule has 2 aromatic rings. The Morgan fingerprint density at radius 2 is 1.92 bits per heavy atom. The highest BCUT2D eigenvalue weighted by atomic mass is 32.2. The lowest BCUT2D eigenvalue weighted by molar-refractivity contribution is -0.129. The van der Waals surface area contributed by atoms with E-state index in [9.17, 15) is 13.2 Å². The number of amides is 1. The maximum absolute atomic E-state index is 11.6. The van der Waals surface area contributed by atoms with Crippen LogP contribution in [0, 0.1) is 6.92 Å². The van der Waals surface area contributed by atoms with Gasteiger partial charge in [0, 0.05) is 24.9 Å². The molecule has 26 heavy (non-hydrogen) atoms. The van der Waals surface area contributed by atoms with Crippen LogP contribution in [-0.4, -0.2) is 37.9 Å². The third-order valence-corrected chi connectivity index (χ3v) is 4.73. The zero-order valence-corrected chi connectivity index (χ0v) is 16.1. The summed E-state index contributed by atoms with van der Waals surface area (Å²) >= 11 is 0. The molecule has 0 saturated heterocycles. The molecule has 1 atom stereocenters. The van der Waals surface area contributed by atoms with Gasteiger partial charge in [0.15, 0.2) is 9.84 Å². The summed E-state index contributed by atoms with van der Waals surface area (Å²) in [6, 6.07) is 10.3. The van der Waals surface area contributed by atoms with Gasteiger partial charge in [-0.1, -0.05) is 31.2 Å². The third kappa shape index (κ3) is 6.81. The number of carbonyl (C=O) groups is 1. The SMILES string of the molecule is CC(CC(=O)NO)c1ccccc1S(C)(=O)=O.COc1ccc(C)cn1. The van der Waals surface area contributed by atoms with Gasteiger partial charge < -0.3 is 4.74 Å². The molecule has 0 radical (unpaired) electrons. The second-order valence-corrected chi connectivity index (χ2v) is 7.81. The van der Waals surface area contributed by atoms with Crippen LogP contribution in [0.2, 0.25) is 0 Å². The second-order valence-electron chi connectivity index (χ2n) is 5.83. The van der Waals surface area contributed by atoms with Crippen LogP contribution >= 0.6 is 0 Å². The van der Waals surface area contributed by atoms with E-state index in [-0.39, 0.29) is 17.2 Å². The largest absolute Gasteiger partial charge is 0.481 e. The fourth-order valence-electron chi connectivity index (χ4n) is 2.23. The molecule has 1 amide bonds. The van der Waals surface area contributed by atoms with Crippen LogP contribution in [0.15, 0.2) is 47.5 Å². The molecule has 0 fully saturated rings. The molecule has 0 spiro atoms. The molecule has 1 aromatic heterocycles. The minimum atomic E-state index is -3.32. The predicted molar refractivity (Wildman–Crippen MR) is 98.0 cm³/mol. The fourth-order valence-corrected chi connectivity index (χ4v) is 3.26. The zero-order valence-electron chi connectivity index (χ0n) is 15.3. The first-order chi connectivity index (χ1) is 12.2. The maximum atomic E-state index is 11.6. The first-order valence-corrected chi connectivity index (χ1v) is 9.76. The molecule has 142 valence electrons. The van der Waals surface area contributed by atoms with Crippen LogP contribution in [0.4, 0.5) is 0 Å². The molecular formula is C18H24N2O5S. The minimum Gasteiger partial charge on any atom is -0.481 e. The third-order valence-electron chi connectivity index (χ3n) is 3.56. The van der Waals surface area contributed by atoms with Crippen molar-refractivity contribution in [1.29, 1.82) is 0 Å². The van der Waals surface area contributed by atoms with Gasteiger partial charge in [0.05, 0.1) is 12.0 Å². The predicted octanol–water partition coefficient (Wildman–Crippen LogP) is 2.49. The number of pyridine rings is 1. The topological polar surface area (TPSA) is 106 Å². The van der Waals surface area contributed by atoms with Crippen molar-refractivity contribution in [3.63, 3.8) is 0 Å². The number of hydroxylamine groups is 1. The molecular weight excluding hydrogens is 356 g/mol. The van der Waals surface area contributed by atoms with E-state index >= 15 is 0 Å². The Kier molecular flexibility index (Phi) is 8.21. The summed E-state index contributed by atoms with van der Waals surface area (Å²) in [5, 5.41) is 8.44. The standard InChI is InChI=1S/C11H15NO4S.C7H9NO/c1-8(7-11(13)12-14)9-5-3-4-6-10(9)17(2,15)16;1-6-3-4-7(9-2)8-5-6/h3-6,8,14H,7H2,1-2H3,(H,12,13);3-5H,1-2H3. The number of aromatic nitrogens is 1. The number of methoxy groups -OCH3 is 1. The number of aryl methyl sites for hydroxylation is 1. The molecule has 0 bridgehead atoms. The monoisotopic (exact) mass is 380 g/mol. The number of hydrogen-bond donors (Lipinski definition) is 2. The van der Waals surface area contributed by atoms with Crippen molar-refractivity contribution in [3.8, 4) is 5.88 Å². The average Bonchev–Trinajstić information content (AvgIpc) is 2.62. The molecule has 7 nitrogen and oxygen atoms in total. The maximum Gasteiger partial charge on any atom is 0.243 e. The Morgan fingerprint density at radius 1 is 1.27 bits per heavy atom. The van der Waals surface area contributed by atoms with Crippen molar-refractivity contribution in [3.05, 3.63) is 53.7 Å². The molecule has 2 rings (SSSR count). The lowest BCUT2D eigenvalue weighted by Gasteiger charge is -2.14. The molecule has 1 aromatic carbocycles. The summed E-state index contributed by atoms with van der Waals surface area (Å²) in [6.07, 6.45) is 2.94. The van der Waals surface area contributed by atoms with Crippen LogP contribution in [0.1, 0.15) is 30.4 Å². The molecule has 0 aliphatic heterocycles. The average molecular weight is 380 g/mol. The number of hydrogen-bond acceptors (Lipinski definition) is 6. The van der Waals surface area contributed by atoms with Crippen molar-refractivity contribution in [1.82, 2.24) is 10.5 Å². The summed E-state index contributed by atoms with van der Waals surface area (Å²) in [6.45, 7) is 3.73. The molecule has 8 heteroatoms. The van der Waals surface area contributed by atoms with Crippen LogP contribution in [0.25, 0.3) is 0 Å². The van der Waals surface area contributed by atoms with Gasteiger partial charge in [-0.25, -0.2) is 18.9 Å². The number of carbonyl (C=O) groups excluding carboxylic acids is 1. The van der Waals surface area contributed by atoms with Crippen molar-refractivity contribution >= 4 is 15.7 Å². The van der Waals surface area contributed by atoms with E-state index in [0.29, 0.717) is 11.4 Å². The smallest absolute Gasteiger partial charge is 0.243 e. The Morgan fingerprint density at radius 3 is 2.42 bits per heavy atom. The Hall–Kier alpha value is -2.45. The van der Waals surface area contributed by atoms with E-state index in [1.165, 1.54) is 11.5 Å². The first kappa shape index (κ1) is 21.6. The van der Waals surface area contributed by atoms with Crippen molar-refractivity contribution in [2.75, 3.05) is 13.4 Å². The number of sulfone groups is 1. The summed E-state index contributed by atoms with van der Waals surface area (Å²) in [7, 11) is -1.71. The van der Waals surface area contributed by atoms with E-state index in [4.69, 9.17) is 9.94 Å². The van der Waals surface area contributed by atoms with Gasteiger partial charge in [-0.3, -0.25) is 10.0 Å². The second kappa shape index (κ2) is 9.88. The Labute approximate surface area is 153 Å². The fraction of sp³-hybridized carbons (Fsp3) is 0.333. The lowest BCUT2D eigenvalue weighted by Crippen LogP contribution is -2.20. The highest BCUT2D eigenvalue weighted by molar-refractivity contribution is 7.90. The highest BCUT2D eigenvalue weighted by Gasteiger charge is 2.19. The summed E-state index contributed by atoms with van der Waals surface area (Å²) in [4.78, 5) is 15.2. The number of benzene rings is 1. The Bertz CT molecular complexity index is 820. The van der Waals surface area contributed by atoms with E-state index in [1.807, 2.05) is 19.1 Å². The zero-order chi connectivity index (χ0) is 19.7. The minimum absolute atomic E-state index is 0.0308. The van der Waals surface area contributed by atoms with Gasteiger partial charge in [0.2, 0.25) is 11.8 Å². The van der Waals surface area contributed by atoms with E-state index in [2.05, 4.69) is 4.98 Å². The highest BCUT2D eigenvalue weighted by Crippen LogP contribution is 2.26. The van der Waals surface area contributed by atoms with Crippen molar-refractivity contribution in [2.45, 2.75) is 31.1 Å². The summed E-state index contributed by atoms with van der Waals surface area (Å²) < 4.78 is 28.0. The molecule has 0 aliphatic carbocycles. The number of rotatable bonds is 5. The van der Waals surface area contributed by atoms with Gasteiger partial charge in [0.25, 0.3) is 0 Å². The van der Waals surface area contributed by atoms with Crippen molar-refractivity contribution < 1.29 is 23.2 Å². The molecule has 0 aliphatic rings. The lowest BCUT2D eigenvalue weighted by atomic mass is 9.97. The molecule has 1 unspecified atom stereocenters. The molecule has 1 heterocycles. The number of nitrogens with zero attached hydrogens (tertiary/aromatic N) is 1. The van der Waals surface area contributed by atoms with Crippen LogP contribution in [0.3, 0.4) is 0 Å². The molecule has 0 saturated carbocycles. The van der Waals surface area contributed by atoms with E-state index < -0.39 is 15.7 Å². The van der Waals surface area contributed by atoms with Gasteiger partial charge >= 0.3 is 0 Å². The quantitative estimate of drug-likeness (QED) is 0.610. The normalized spacial score (nSPS) is 11.7. The van der Waals surface area contributed by atoms with Gasteiger partial charge in [-0.15, -0.1) is 0 Å². The van der Waals surface area contributed by atoms with Crippen LogP contribution in [-0.2, 0) is 14.6 Å². The summed E-state index contributed by atoms with van der Waals surface area (Å²) in [5.41, 5.74) is 3.27. The van der Waals surface area contributed by atoms with Gasteiger partial charge in [0.1, 0.15) is 0 Å². The van der Waals surface area contributed by atoms with Crippen LogP contribution in [0.5, 0.6) is 5.88 Å². The van der Waals surface area contributed by atoms with E-state index in [1.54, 1.807) is 38.4 Å². The van der Waals surface area contributed by atoms with Crippen molar-refractivity contribution in [2.24, 2.45) is 0 Å². The number of nitrogens with one attached hydrogen (secondary N) is 1. The van der Waals surface area contributed by atoms with Gasteiger partial charge in [-0.05, 0) is 30.0 Å². The molecule has 2 N–H and O–H groups in total.